The van der Waals surface area contributed by atoms with Crippen molar-refractivity contribution in [1.29, 1.82) is 0 Å². The van der Waals surface area contributed by atoms with Crippen molar-refractivity contribution in [1.82, 2.24) is 0 Å². The minimum atomic E-state index is -0.430. The van der Waals surface area contributed by atoms with Crippen molar-refractivity contribution in [2.24, 2.45) is 5.92 Å². The topological polar surface area (TPSA) is 43.4 Å². The molecule has 0 N–H and O–H groups in total. The van der Waals surface area contributed by atoms with Gasteiger partial charge < -0.3 is 9.53 Å². The molecule has 0 radical (unpaired) electrons. The molecule has 0 saturated heterocycles. The van der Waals surface area contributed by atoms with E-state index in [9.17, 15) is 9.59 Å². The Balaban J connectivity index is 2.55. The van der Waals surface area contributed by atoms with Crippen LogP contribution in [-0.4, -0.2) is 23.2 Å². The molecule has 3 nitrogen and oxygen atoms in total. The van der Waals surface area contributed by atoms with Crippen molar-refractivity contribution in [3.8, 4) is 0 Å². The lowest BCUT2D eigenvalue weighted by Crippen LogP contribution is -2.06. The Kier molecular flexibility index (Phi) is 3.48. The van der Waals surface area contributed by atoms with Gasteiger partial charge in [-0.05, 0) is 20.3 Å². The van der Waals surface area contributed by atoms with Gasteiger partial charge in [-0.1, -0.05) is 21.5 Å². The molecule has 0 spiro atoms. The van der Waals surface area contributed by atoms with Gasteiger partial charge in [-0.15, -0.1) is 0 Å². The van der Waals surface area contributed by atoms with Gasteiger partial charge in [-0.3, -0.25) is 0 Å². The van der Waals surface area contributed by atoms with Gasteiger partial charge in [-0.2, -0.15) is 0 Å². The molecule has 1 fully saturated rings. The molecule has 1 rings (SSSR count). The van der Waals surface area contributed by atoms with Crippen LogP contribution < -0.4 is 0 Å². The van der Waals surface area contributed by atoms with Gasteiger partial charge in [0.05, 0.1) is 10.9 Å². The van der Waals surface area contributed by atoms with Crippen LogP contribution in [0.2, 0.25) is 0 Å². The summed E-state index contributed by atoms with van der Waals surface area (Å²) in [6.07, 6.45) is 3.11. The third-order valence-electron chi connectivity index (χ3n) is 2.31. The van der Waals surface area contributed by atoms with Crippen LogP contribution in [0, 0.1) is 5.92 Å². The zero-order valence-electron chi connectivity index (χ0n) is 8.25. The van der Waals surface area contributed by atoms with E-state index in [1.165, 1.54) is 6.08 Å². The minimum Gasteiger partial charge on any atom is -0.463 e. The van der Waals surface area contributed by atoms with Crippen molar-refractivity contribution in [2.75, 3.05) is 6.61 Å². The Morgan fingerprint density at radius 2 is 2.36 bits per heavy atom. The van der Waals surface area contributed by atoms with Gasteiger partial charge in [0.15, 0.2) is 0 Å². The molecule has 0 aromatic rings. The Bertz CT molecular complexity index is 285. The number of halogens is 1. The van der Waals surface area contributed by atoms with E-state index in [1.54, 1.807) is 6.92 Å². The van der Waals surface area contributed by atoms with Crippen LogP contribution in [0.5, 0.6) is 0 Å². The highest BCUT2D eigenvalue weighted by Gasteiger charge is 2.53. The number of aldehydes is 1. The first-order valence-corrected chi connectivity index (χ1v) is 5.33. The Hall–Kier alpha value is -0.640. The number of hydrogen-bond acceptors (Lipinski definition) is 3. The Morgan fingerprint density at radius 3 is 2.79 bits per heavy atom. The molecule has 1 saturated carbocycles. The molecule has 0 heterocycles. The third kappa shape index (κ3) is 2.44. The van der Waals surface area contributed by atoms with Crippen molar-refractivity contribution < 1.29 is 14.3 Å². The average Bonchev–Trinajstić information content (AvgIpc) is 2.79. The second-order valence-corrected chi connectivity index (χ2v) is 4.92. The first-order chi connectivity index (χ1) is 6.53. The number of ether oxygens (including phenoxy) is 1. The molecule has 0 bridgehead atoms. The smallest absolute Gasteiger partial charge is 0.330 e. The molecule has 0 aromatic carbocycles. The number of carbonyl (C=O) groups excluding carboxylic acids is 2. The van der Waals surface area contributed by atoms with E-state index in [0.29, 0.717) is 6.61 Å². The van der Waals surface area contributed by atoms with Gasteiger partial charge >= 0.3 is 5.97 Å². The average molecular weight is 261 g/mol. The summed E-state index contributed by atoms with van der Waals surface area (Å²) in [5.74, 6) is -0.193. The highest BCUT2D eigenvalue weighted by atomic mass is 79.9. The Morgan fingerprint density at radius 1 is 1.71 bits per heavy atom. The third-order valence-corrected chi connectivity index (χ3v) is 3.38. The summed E-state index contributed by atoms with van der Waals surface area (Å²) in [7, 11) is 0. The fraction of sp³-hybridized carbons (Fsp3) is 0.600. The summed E-state index contributed by atoms with van der Waals surface area (Å²) in [6, 6.07) is 0. The zero-order chi connectivity index (χ0) is 10.8. The molecule has 78 valence electrons. The maximum absolute atomic E-state index is 11.1. The fourth-order valence-electron chi connectivity index (χ4n) is 1.39. The molecule has 1 aliphatic rings. The predicted octanol–water partition coefficient (Wildman–Crippen LogP) is 1.85. The van der Waals surface area contributed by atoms with Crippen molar-refractivity contribution >= 4 is 28.2 Å². The molecule has 0 aliphatic heterocycles. The van der Waals surface area contributed by atoms with Crippen LogP contribution in [0.3, 0.4) is 0 Å². The lowest BCUT2D eigenvalue weighted by Gasteiger charge is -2.01. The quantitative estimate of drug-likeness (QED) is 0.335. The highest BCUT2D eigenvalue weighted by molar-refractivity contribution is 9.10. The second-order valence-electron chi connectivity index (χ2n) is 3.44. The normalized spacial score (nSPS) is 31.1. The van der Waals surface area contributed by atoms with Crippen LogP contribution in [0.4, 0.5) is 0 Å². The van der Waals surface area contributed by atoms with E-state index in [2.05, 4.69) is 15.9 Å². The van der Waals surface area contributed by atoms with Gasteiger partial charge in [0.1, 0.15) is 6.29 Å². The molecule has 0 unspecified atom stereocenters. The minimum absolute atomic E-state index is 0.143. The van der Waals surface area contributed by atoms with Crippen LogP contribution >= 0.6 is 15.9 Å². The van der Waals surface area contributed by atoms with Crippen molar-refractivity contribution in [3.05, 3.63) is 11.6 Å². The molecule has 1 aliphatic carbocycles. The van der Waals surface area contributed by atoms with E-state index in [4.69, 9.17) is 4.74 Å². The van der Waals surface area contributed by atoms with E-state index >= 15 is 0 Å². The van der Waals surface area contributed by atoms with E-state index in [1.807, 2.05) is 6.92 Å². The standard InChI is InChI=1S/C10H13BrO3/c1-3-14-9(13)4-7(2)8-5-10(8,11)6-12/h4,6,8H,3,5H2,1-2H3/b7-4+/t8-,10+/m0/s1. The van der Waals surface area contributed by atoms with Gasteiger partial charge in [0, 0.05) is 12.0 Å². The molecule has 0 aromatic heterocycles. The lowest BCUT2D eigenvalue weighted by molar-refractivity contribution is -0.137. The molecule has 2 atom stereocenters. The van der Waals surface area contributed by atoms with Gasteiger partial charge in [-0.25, -0.2) is 4.79 Å². The summed E-state index contributed by atoms with van der Waals surface area (Å²) >= 11 is 3.32. The summed E-state index contributed by atoms with van der Waals surface area (Å²) < 4.78 is 4.34. The van der Waals surface area contributed by atoms with Crippen LogP contribution in [0.25, 0.3) is 0 Å². The SMILES string of the molecule is CCOC(=O)/C=C(\C)[C@@H]1C[C@@]1(Br)C=O. The van der Waals surface area contributed by atoms with Gasteiger partial charge in [0.25, 0.3) is 0 Å². The number of hydrogen-bond donors (Lipinski definition) is 0. The summed E-state index contributed by atoms with van der Waals surface area (Å²) in [4.78, 5) is 21.7. The summed E-state index contributed by atoms with van der Waals surface area (Å²) in [5.41, 5.74) is 0.896. The highest BCUT2D eigenvalue weighted by Crippen LogP contribution is 2.53. The van der Waals surface area contributed by atoms with Crippen LogP contribution in [-0.2, 0) is 14.3 Å². The first kappa shape index (κ1) is 11.4. The molecule has 14 heavy (non-hydrogen) atoms. The number of carbonyl (C=O) groups is 2. The van der Waals surface area contributed by atoms with Crippen molar-refractivity contribution in [3.63, 3.8) is 0 Å². The molecule has 4 heteroatoms. The predicted molar refractivity (Wildman–Crippen MR) is 56.2 cm³/mol. The maximum atomic E-state index is 11.1. The van der Waals surface area contributed by atoms with Crippen LogP contribution in [0.15, 0.2) is 11.6 Å². The number of rotatable bonds is 4. The number of esters is 1. The van der Waals surface area contributed by atoms with Crippen LogP contribution in [0.1, 0.15) is 20.3 Å². The molecular weight excluding hydrogens is 248 g/mol. The fourth-order valence-corrected chi connectivity index (χ4v) is 2.08. The summed E-state index contributed by atoms with van der Waals surface area (Å²) in [6.45, 7) is 3.98. The first-order valence-electron chi connectivity index (χ1n) is 4.53. The van der Waals surface area contributed by atoms with Gasteiger partial charge in [0.2, 0.25) is 0 Å². The second kappa shape index (κ2) is 4.26. The monoisotopic (exact) mass is 260 g/mol. The lowest BCUT2D eigenvalue weighted by atomic mass is 10.1. The van der Waals surface area contributed by atoms with Crippen molar-refractivity contribution in [2.45, 2.75) is 24.6 Å². The number of alkyl halides is 1. The van der Waals surface area contributed by atoms with E-state index in [-0.39, 0.29) is 11.9 Å². The maximum Gasteiger partial charge on any atom is 0.330 e. The summed E-state index contributed by atoms with van der Waals surface area (Å²) in [5, 5.41) is 0. The molecular formula is C10H13BrO3. The molecule has 0 amide bonds. The van der Waals surface area contributed by atoms with E-state index in [0.717, 1.165) is 18.3 Å². The number of allylic oxidation sites excluding steroid dienone is 1. The zero-order valence-corrected chi connectivity index (χ0v) is 9.83. The Labute approximate surface area is 91.6 Å². The van der Waals surface area contributed by atoms with E-state index < -0.39 is 4.32 Å². The largest absolute Gasteiger partial charge is 0.463 e.